The first-order valence-corrected chi connectivity index (χ1v) is 24.2. The fourth-order valence-corrected chi connectivity index (χ4v) is 9.10. The molecule has 0 radical (unpaired) electrons. The molecule has 3 aliphatic heterocycles. The largest absolute Gasteiger partial charge is 0.444 e. The topological polar surface area (TPSA) is 114 Å². The van der Waals surface area contributed by atoms with Gasteiger partial charge in [0.1, 0.15) is 11.4 Å². The van der Waals surface area contributed by atoms with Crippen molar-refractivity contribution in [3.05, 3.63) is 69.7 Å². The molecule has 2 aromatic rings. The zero-order valence-corrected chi connectivity index (χ0v) is 37.0. The highest BCUT2D eigenvalue weighted by atomic mass is 35.5. The van der Waals surface area contributed by atoms with Crippen molar-refractivity contribution in [2.45, 2.75) is 114 Å². The number of piperidine rings is 1. The number of likely N-dealkylation sites (tertiary alicyclic amines) is 1. The summed E-state index contributed by atoms with van der Waals surface area (Å²) in [6.07, 6.45) is 12.1. The third kappa shape index (κ3) is 17.5. The minimum Gasteiger partial charge on any atom is -0.444 e. The number of carbonyl (C=O) groups excluding carboxylic acids is 2. The lowest BCUT2D eigenvalue weighted by Crippen LogP contribution is -2.58. The van der Waals surface area contributed by atoms with Crippen molar-refractivity contribution >= 4 is 56.7 Å². The van der Waals surface area contributed by atoms with E-state index in [9.17, 15) is 18.0 Å². The summed E-state index contributed by atoms with van der Waals surface area (Å²) in [7, 11) is -1.69. The fourth-order valence-electron chi connectivity index (χ4n) is 7.38. The number of ether oxygens (including phenoxy) is 3. The highest BCUT2D eigenvalue weighted by Gasteiger charge is 2.37. The van der Waals surface area contributed by atoms with E-state index in [1.165, 1.54) is 17.5 Å². The third-order valence-corrected chi connectivity index (χ3v) is 12.4. The maximum Gasteiger partial charge on any atom is 0.410 e. The minimum absolute atomic E-state index is 0.0174. The summed E-state index contributed by atoms with van der Waals surface area (Å²) in [6.45, 7) is 9.90. The molecule has 3 heterocycles. The lowest BCUT2D eigenvalue weighted by Gasteiger charge is -2.46. The SMILES string of the molecule is CS(=O)C[C@H]1CN(C2CCN(C(=O)OC(C)(C)C)CC2)[C@@H](Cc2ccc(Cl)cc2)CO1.CS(=O)C[C@H]1CN[C@@H](Cc2ccc(Cl)cc2)CO1.O=C1CCCCC1. The zero-order chi connectivity index (χ0) is 40.7. The normalized spacial score (nSPS) is 24.8. The van der Waals surface area contributed by atoms with Crippen molar-refractivity contribution in [2.75, 3.05) is 63.4 Å². The van der Waals surface area contributed by atoms with Crippen molar-refractivity contribution in [1.82, 2.24) is 15.1 Å². The van der Waals surface area contributed by atoms with Crippen LogP contribution in [-0.4, -0.2) is 129 Å². The van der Waals surface area contributed by atoms with Crippen LogP contribution in [-0.2, 0) is 53.4 Å². The van der Waals surface area contributed by atoms with Gasteiger partial charge in [-0.25, -0.2) is 4.79 Å². The number of benzene rings is 2. The number of ketones is 1. The van der Waals surface area contributed by atoms with Gasteiger partial charge in [0.15, 0.2) is 0 Å². The molecule has 10 nitrogen and oxygen atoms in total. The first-order valence-electron chi connectivity index (χ1n) is 19.9. The van der Waals surface area contributed by atoms with E-state index in [0.717, 1.165) is 74.5 Å². The van der Waals surface area contributed by atoms with Gasteiger partial charge in [-0.2, -0.15) is 0 Å². The second-order valence-electron chi connectivity index (χ2n) is 16.3. The Morgan fingerprint density at radius 1 is 0.821 bits per heavy atom. The van der Waals surface area contributed by atoms with E-state index in [1.807, 2.05) is 62.1 Å². The second kappa shape index (κ2) is 23.6. The standard InChI is InChI=1S/C23H35ClN2O4S.C13H18ClNO2S.C6H10O/c1-23(2,3)30-22(27)25-11-9-19(10-12-25)26-14-21(16-31(4)28)29-15-20(26)13-17-5-7-18(24)8-6-17;1-18(16)9-13-7-15-12(8-17-13)6-10-2-4-11(14)5-3-10;7-6-4-2-1-3-5-6/h5-8,19-21H,9-16H2,1-4H3;2-5,12-13,15H,6-9H2,1H3;1-5H2/t20-,21+,31?;12-,13+,18?;/m00./s1. The molecule has 1 aliphatic carbocycles. The van der Waals surface area contributed by atoms with Gasteiger partial charge in [-0.1, -0.05) is 53.9 Å². The average molecular weight is 857 g/mol. The molecule has 2 unspecified atom stereocenters. The first kappa shape index (κ1) is 46.8. The molecule has 6 atom stereocenters. The van der Waals surface area contributed by atoms with E-state index in [1.54, 1.807) is 12.5 Å². The number of nitrogens with one attached hydrogen (secondary N) is 1. The number of hydrogen-bond acceptors (Lipinski definition) is 9. The van der Waals surface area contributed by atoms with Crippen LogP contribution >= 0.6 is 23.2 Å². The van der Waals surface area contributed by atoms with E-state index in [2.05, 4.69) is 22.3 Å². The third-order valence-electron chi connectivity index (χ3n) is 10.2. The Labute approximate surface area is 350 Å². The molecule has 4 aliphatic rings. The smallest absolute Gasteiger partial charge is 0.410 e. The van der Waals surface area contributed by atoms with Crippen LogP contribution in [0.3, 0.4) is 0 Å². The molecule has 1 amide bonds. The molecule has 3 saturated heterocycles. The van der Waals surface area contributed by atoms with Crippen LogP contribution in [0.4, 0.5) is 4.79 Å². The molecule has 6 rings (SSSR count). The van der Waals surface area contributed by atoms with Crippen LogP contribution in [0.25, 0.3) is 0 Å². The lowest BCUT2D eigenvalue weighted by atomic mass is 9.96. The number of amides is 1. The van der Waals surface area contributed by atoms with Crippen molar-refractivity contribution in [3.8, 4) is 0 Å². The van der Waals surface area contributed by atoms with E-state index >= 15 is 0 Å². The molecule has 0 spiro atoms. The monoisotopic (exact) mass is 855 g/mol. The average Bonchev–Trinajstić information content (AvgIpc) is 3.15. The predicted octanol–water partition coefficient (Wildman–Crippen LogP) is 6.87. The van der Waals surface area contributed by atoms with E-state index in [-0.39, 0.29) is 24.3 Å². The number of halogens is 2. The molecule has 314 valence electrons. The van der Waals surface area contributed by atoms with Gasteiger partial charge in [0.25, 0.3) is 0 Å². The van der Waals surface area contributed by atoms with Gasteiger partial charge in [0.2, 0.25) is 0 Å². The number of nitrogens with zero attached hydrogens (tertiary/aromatic N) is 2. The number of rotatable bonds is 9. The molecule has 1 N–H and O–H groups in total. The Kier molecular flexibility index (Phi) is 19.7. The highest BCUT2D eigenvalue weighted by molar-refractivity contribution is 7.84. The van der Waals surface area contributed by atoms with Gasteiger partial charge in [0.05, 0.1) is 36.9 Å². The Hall–Kier alpha value is -1.90. The molecule has 1 saturated carbocycles. The van der Waals surface area contributed by atoms with Gasteiger partial charge < -0.3 is 24.4 Å². The molecule has 0 bridgehead atoms. The lowest BCUT2D eigenvalue weighted by molar-refractivity contribution is -0.120. The number of hydrogen-bond donors (Lipinski definition) is 1. The van der Waals surface area contributed by atoms with Gasteiger partial charge in [-0.05, 0) is 94.7 Å². The Bertz CT molecular complexity index is 1540. The van der Waals surface area contributed by atoms with Crippen molar-refractivity contribution < 1.29 is 32.2 Å². The maximum atomic E-state index is 12.4. The minimum atomic E-state index is -0.892. The summed E-state index contributed by atoms with van der Waals surface area (Å²) >= 11 is 11.9. The highest BCUT2D eigenvalue weighted by Crippen LogP contribution is 2.27. The predicted molar refractivity (Wildman–Crippen MR) is 229 cm³/mol. The number of carbonyl (C=O) groups is 2. The molecule has 14 heteroatoms. The summed E-state index contributed by atoms with van der Waals surface area (Å²) in [5.74, 6) is 1.63. The van der Waals surface area contributed by atoms with Gasteiger partial charge >= 0.3 is 6.09 Å². The maximum absolute atomic E-state index is 12.4. The molecule has 2 aromatic carbocycles. The Morgan fingerprint density at radius 3 is 1.84 bits per heavy atom. The van der Waals surface area contributed by atoms with Crippen molar-refractivity contribution in [1.29, 1.82) is 0 Å². The van der Waals surface area contributed by atoms with Crippen LogP contribution in [0.1, 0.15) is 76.8 Å². The molecular formula is C42H63Cl2N3O7S2. The molecular weight excluding hydrogens is 794 g/mol. The van der Waals surface area contributed by atoms with Crippen molar-refractivity contribution in [3.63, 3.8) is 0 Å². The second-order valence-corrected chi connectivity index (χ2v) is 20.1. The number of Topliss-reactive ketones (excluding diaryl/α,β-unsaturated/α-hetero) is 1. The fraction of sp³-hybridized carbons (Fsp3) is 0.667. The summed E-state index contributed by atoms with van der Waals surface area (Å²) < 4.78 is 40.2. The van der Waals surface area contributed by atoms with Crippen LogP contribution < -0.4 is 5.32 Å². The van der Waals surface area contributed by atoms with Crippen LogP contribution in [0, 0.1) is 0 Å². The van der Waals surface area contributed by atoms with Crippen LogP contribution in [0.2, 0.25) is 10.0 Å². The summed E-state index contributed by atoms with van der Waals surface area (Å²) in [4.78, 5) is 27.2. The van der Waals surface area contributed by atoms with Gasteiger partial charge in [-0.15, -0.1) is 0 Å². The van der Waals surface area contributed by atoms with Gasteiger partial charge in [0, 0.05) is 101 Å². The molecule has 0 aromatic heterocycles. The van der Waals surface area contributed by atoms with Crippen molar-refractivity contribution in [2.24, 2.45) is 0 Å². The first-order chi connectivity index (χ1) is 26.6. The molecule has 56 heavy (non-hydrogen) atoms. The quantitative estimate of drug-likeness (QED) is 0.289. The zero-order valence-electron chi connectivity index (χ0n) is 33.9. The summed E-state index contributed by atoms with van der Waals surface area (Å²) in [6, 6.07) is 16.8. The van der Waals surface area contributed by atoms with E-state index in [0.29, 0.717) is 55.7 Å². The number of morpholine rings is 2. The van der Waals surface area contributed by atoms with Crippen LogP contribution in [0.5, 0.6) is 0 Å². The van der Waals surface area contributed by atoms with E-state index < -0.39 is 27.2 Å². The molecule has 4 fully saturated rings. The Balaban J connectivity index is 0.000000232. The van der Waals surface area contributed by atoms with Crippen LogP contribution in [0.15, 0.2) is 48.5 Å². The summed E-state index contributed by atoms with van der Waals surface area (Å²) in [5.41, 5.74) is 2.00. The summed E-state index contributed by atoms with van der Waals surface area (Å²) in [5, 5.41) is 4.94. The van der Waals surface area contributed by atoms with E-state index in [4.69, 9.17) is 37.4 Å². The Morgan fingerprint density at radius 2 is 1.36 bits per heavy atom. The van der Waals surface area contributed by atoms with Gasteiger partial charge in [-0.3, -0.25) is 18.1 Å².